The first-order chi connectivity index (χ1) is 9.94. The van der Waals surface area contributed by atoms with Gasteiger partial charge < -0.3 is 4.98 Å². The molecule has 0 unspecified atom stereocenters. The number of rotatable bonds is 3. The minimum Gasteiger partial charge on any atom is -0.346 e. The summed E-state index contributed by atoms with van der Waals surface area (Å²) in [5, 5.41) is 6.12. The molecule has 3 rings (SSSR count). The van der Waals surface area contributed by atoms with Gasteiger partial charge in [-0.15, -0.1) is 0 Å². The van der Waals surface area contributed by atoms with Crippen LogP contribution in [0.1, 0.15) is 5.56 Å². The first kappa shape index (κ1) is 14.0. The standard InChI is InChI=1S/C13H11ClN4O2S/c14-12-9(7-21(15,19)20)4-8(5-17-12)11-6-18-13-10(11)2-1-3-16-13/h1-6H,7H2,(H,16,18)(H2,15,19,20). The van der Waals surface area contributed by atoms with Crippen molar-refractivity contribution in [3.05, 3.63) is 47.5 Å². The van der Waals surface area contributed by atoms with E-state index >= 15 is 0 Å². The van der Waals surface area contributed by atoms with Crippen LogP contribution in [0.3, 0.4) is 0 Å². The SMILES string of the molecule is NS(=O)(=O)Cc1cc(-c2c[nH]c3ncccc23)cnc1Cl. The van der Waals surface area contributed by atoms with Gasteiger partial charge in [0.05, 0.1) is 5.75 Å². The van der Waals surface area contributed by atoms with Crippen LogP contribution in [0, 0.1) is 0 Å². The van der Waals surface area contributed by atoms with E-state index in [9.17, 15) is 8.42 Å². The molecule has 3 aromatic rings. The van der Waals surface area contributed by atoms with Gasteiger partial charge in [0.1, 0.15) is 10.8 Å². The quantitative estimate of drug-likeness (QED) is 0.720. The summed E-state index contributed by atoms with van der Waals surface area (Å²) in [7, 11) is -3.67. The molecule has 8 heteroatoms. The summed E-state index contributed by atoms with van der Waals surface area (Å²) in [6.45, 7) is 0. The van der Waals surface area contributed by atoms with Gasteiger partial charge in [-0.1, -0.05) is 11.6 Å². The number of hydrogen-bond acceptors (Lipinski definition) is 4. The van der Waals surface area contributed by atoms with Crippen molar-refractivity contribution in [2.75, 3.05) is 0 Å². The predicted octanol–water partition coefficient (Wildman–Crippen LogP) is 2.07. The normalized spacial score (nSPS) is 11.9. The molecule has 0 spiro atoms. The molecular weight excluding hydrogens is 312 g/mol. The molecule has 0 aliphatic heterocycles. The van der Waals surface area contributed by atoms with E-state index in [1.54, 1.807) is 24.7 Å². The second kappa shape index (κ2) is 5.10. The molecule has 0 saturated heterocycles. The summed E-state index contributed by atoms with van der Waals surface area (Å²) < 4.78 is 22.5. The van der Waals surface area contributed by atoms with Crippen LogP contribution in [-0.2, 0) is 15.8 Å². The average molecular weight is 323 g/mol. The third-order valence-corrected chi connectivity index (χ3v) is 4.08. The van der Waals surface area contributed by atoms with E-state index in [2.05, 4.69) is 15.0 Å². The molecule has 3 heterocycles. The summed E-state index contributed by atoms with van der Waals surface area (Å²) in [5.41, 5.74) is 2.74. The zero-order valence-corrected chi connectivity index (χ0v) is 12.3. The largest absolute Gasteiger partial charge is 0.346 e. The number of sulfonamides is 1. The summed E-state index contributed by atoms with van der Waals surface area (Å²) in [6, 6.07) is 5.42. The molecule has 0 saturated carbocycles. The Morgan fingerprint density at radius 2 is 2.14 bits per heavy atom. The second-order valence-electron chi connectivity index (χ2n) is 4.58. The fourth-order valence-corrected chi connectivity index (χ4v) is 3.06. The first-order valence-electron chi connectivity index (χ1n) is 6.01. The number of nitrogens with two attached hydrogens (primary N) is 1. The second-order valence-corrected chi connectivity index (χ2v) is 6.56. The minimum atomic E-state index is -3.67. The Labute approximate surface area is 126 Å². The molecule has 0 aromatic carbocycles. The molecule has 0 atom stereocenters. The molecule has 0 aliphatic carbocycles. The number of nitrogens with one attached hydrogen (secondary N) is 1. The van der Waals surface area contributed by atoms with Crippen molar-refractivity contribution in [1.82, 2.24) is 15.0 Å². The number of primary sulfonamides is 1. The molecule has 0 bridgehead atoms. The topological polar surface area (TPSA) is 102 Å². The monoisotopic (exact) mass is 322 g/mol. The fourth-order valence-electron chi connectivity index (χ4n) is 2.15. The van der Waals surface area contributed by atoms with E-state index in [1.807, 2.05) is 12.1 Å². The van der Waals surface area contributed by atoms with Crippen LogP contribution in [-0.4, -0.2) is 23.4 Å². The van der Waals surface area contributed by atoms with Crippen molar-refractivity contribution in [3.63, 3.8) is 0 Å². The van der Waals surface area contributed by atoms with Crippen molar-refractivity contribution in [3.8, 4) is 11.1 Å². The zero-order chi connectivity index (χ0) is 15.0. The first-order valence-corrected chi connectivity index (χ1v) is 8.11. The van der Waals surface area contributed by atoms with Crippen LogP contribution >= 0.6 is 11.6 Å². The van der Waals surface area contributed by atoms with Crippen LogP contribution in [0.25, 0.3) is 22.2 Å². The number of hydrogen-bond donors (Lipinski definition) is 2. The number of H-pyrrole nitrogens is 1. The number of halogens is 1. The van der Waals surface area contributed by atoms with Crippen LogP contribution < -0.4 is 5.14 Å². The number of nitrogens with zero attached hydrogens (tertiary/aromatic N) is 2. The molecule has 0 amide bonds. The van der Waals surface area contributed by atoms with Crippen LogP contribution in [0.15, 0.2) is 36.8 Å². The van der Waals surface area contributed by atoms with Gasteiger partial charge in [0.25, 0.3) is 0 Å². The molecule has 6 nitrogen and oxygen atoms in total. The lowest BCUT2D eigenvalue weighted by molar-refractivity contribution is 0.597. The van der Waals surface area contributed by atoms with Crippen LogP contribution in [0.2, 0.25) is 5.15 Å². The van der Waals surface area contributed by atoms with Gasteiger partial charge >= 0.3 is 0 Å². The Morgan fingerprint density at radius 3 is 2.90 bits per heavy atom. The molecule has 0 aliphatic rings. The van der Waals surface area contributed by atoms with Gasteiger partial charge in [-0.05, 0) is 18.2 Å². The number of aromatic amines is 1. The van der Waals surface area contributed by atoms with E-state index in [1.165, 1.54) is 0 Å². The van der Waals surface area contributed by atoms with Gasteiger partial charge in [-0.25, -0.2) is 23.5 Å². The molecule has 0 radical (unpaired) electrons. The van der Waals surface area contributed by atoms with Crippen molar-refractivity contribution in [2.24, 2.45) is 5.14 Å². The highest BCUT2D eigenvalue weighted by atomic mass is 35.5. The summed E-state index contributed by atoms with van der Waals surface area (Å²) in [5.74, 6) is -0.354. The maximum Gasteiger partial charge on any atom is 0.213 e. The Balaban J connectivity index is 2.13. The maximum absolute atomic E-state index is 11.2. The number of aromatic nitrogens is 3. The molecule has 3 N–H and O–H groups in total. The van der Waals surface area contributed by atoms with E-state index in [0.717, 1.165) is 22.2 Å². The van der Waals surface area contributed by atoms with Crippen molar-refractivity contribution < 1.29 is 8.42 Å². The smallest absolute Gasteiger partial charge is 0.213 e. The lowest BCUT2D eigenvalue weighted by atomic mass is 10.1. The Bertz CT molecular complexity index is 921. The lowest BCUT2D eigenvalue weighted by Gasteiger charge is -2.05. The molecule has 3 aromatic heterocycles. The van der Waals surface area contributed by atoms with Crippen LogP contribution in [0.5, 0.6) is 0 Å². The molecular formula is C13H11ClN4O2S. The Morgan fingerprint density at radius 1 is 1.33 bits per heavy atom. The van der Waals surface area contributed by atoms with E-state index < -0.39 is 10.0 Å². The third kappa shape index (κ3) is 2.90. The van der Waals surface area contributed by atoms with Gasteiger partial charge in [0, 0.05) is 40.7 Å². The number of fused-ring (bicyclic) bond motifs is 1. The Hall–Kier alpha value is -1.96. The zero-order valence-electron chi connectivity index (χ0n) is 10.7. The van der Waals surface area contributed by atoms with Gasteiger partial charge in [-0.2, -0.15) is 0 Å². The van der Waals surface area contributed by atoms with Crippen molar-refractivity contribution in [2.45, 2.75) is 5.75 Å². The maximum atomic E-state index is 11.2. The lowest BCUT2D eigenvalue weighted by Crippen LogP contribution is -2.15. The highest BCUT2D eigenvalue weighted by Crippen LogP contribution is 2.29. The number of pyridine rings is 2. The minimum absolute atomic E-state index is 0.130. The van der Waals surface area contributed by atoms with Crippen molar-refractivity contribution in [1.29, 1.82) is 0 Å². The molecule has 21 heavy (non-hydrogen) atoms. The van der Waals surface area contributed by atoms with E-state index in [0.29, 0.717) is 5.56 Å². The van der Waals surface area contributed by atoms with E-state index in [4.69, 9.17) is 16.7 Å². The summed E-state index contributed by atoms with van der Waals surface area (Å²) in [4.78, 5) is 11.3. The molecule has 108 valence electrons. The third-order valence-electron chi connectivity index (χ3n) is 3.03. The average Bonchev–Trinajstić information content (AvgIpc) is 2.84. The van der Waals surface area contributed by atoms with Gasteiger partial charge in [0.2, 0.25) is 10.0 Å². The van der Waals surface area contributed by atoms with E-state index in [-0.39, 0.29) is 10.9 Å². The highest BCUT2D eigenvalue weighted by Gasteiger charge is 2.13. The summed E-state index contributed by atoms with van der Waals surface area (Å²) >= 11 is 5.93. The summed E-state index contributed by atoms with van der Waals surface area (Å²) in [6.07, 6.45) is 5.07. The van der Waals surface area contributed by atoms with Crippen LogP contribution in [0.4, 0.5) is 0 Å². The van der Waals surface area contributed by atoms with Gasteiger partial charge in [0.15, 0.2) is 0 Å². The molecule has 0 fully saturated rings. The van der Waals surface area contributed by atoms with Gasteiger partial charge in [-0.3, -0.25) is 0 Å². The fraction of sp³-hybridized carbons (Fsp3) is 0.0769. The van der Waals surface area contributed by atoms with Crippen molar-refractivity contribution >= 4 is 32.7 Å². The Kier molecular flexibility index (Phi) is 3.40. The predicted molar refractivity (Wildman–Crippen MR) is 81.1 cm³/mol. The highest BCUT2D eigenvalue weighted by molar-refractivity contribution is 7.88.